The van der Waals surface area contributed by atoms with E-state index in [1.807, 2.05) is 26.0 Å². The molecule has 8 heteroatoms. The van der Waals surface area contributed by atoms with Crippen LogP contribution >= 0.6 is 0 Å². The zero-order valence-corrected chi connectivity index (χ0v) is 16.4. The number of benzene rings is 1. The lowest BCUT2D eigenvalue weighted by atomic mass is 10.0. The number of hydrogen-bond donors (Lipinski definition) is 1. The molecule has 146 valence electrons. The topological polar surface area (TPSA) is 103 Å². The number of rotatable bonds is 5. The van der Waals surface area contributed by atoms with E-state index in [4.69, 9.17) is 9.15 Å². The van der Waals surface area contributed by atoms with Crippen LogP contribution in [0.15, 0.2) is 22.8 Å². The van der Waals surface area contributed by atoms with Gasteiger partial charge in [0.25, 0.3) is 5.91 Å². The van der Waals surface area contributed by atoms with Crippen molar-refractivity contribution in [3.8, 4) is 0 Å². The Balaban J connectivity index is 1.56. The first-order chi connectivity index (χ1) is 12.6. The second kappa shape index (κ2) is 6.99. The van der Waals surface area contributed by atoms with Gasteiger partial charge in [-0.25, -0.2) is 8.42 Å². The Morgan fingerprint density at radius 1 is 1.30 bits per heavy atom. The monoisotopic (exact) mass is 393 g/mol. The first kappa shape index (κ1) is 19.4. The van der Waals surface area contributed by atoms with E-state index in [1.165, 1.54) is 6.26 Å². The predicted molar refractivity (Wildman–Crippen MR) is 100 cm³/mol. The summed E-state index contributed by atoms with van der Waals surface area (Å²) in [4.78, 5) is 24.1. The van der Waals surface area contributed by atoms with Crippen molar-refractivity contribution in [3.63, 3.8) is 0 Å². The Morgan fingerprint density at radius 2 is 2.04 bits per heavy atom. The first-order valence-corrected chi connectivity index (χ1v) is 10.5. The lowest BCUT2D eigenvalue weighted by molar-refractivity contribution is -0.148. The van der Waals surface area contributed by atoms with Gasteiger partial charge >= 0.3 is 5.97 Å². The fourth-order valence-corrected chi connectivity index (χ4v) is 5.45. The highest BCUT2D eigenvalue weighted by atomic mass is 32.2. The number of ether oxygens (including phenoxy) is 1. The van der Waals surface area contributed by atoms with E-state index in [0.29, 0.717) is 12.0 Å². The number of aryl methyl sites for hydroxylation is 2. The average molecular weight is 393 g/mol. The normalized spacial score (nSPS) is 21.3. The molecule has 0 unspecified atom stereocenters. The van der Waals surface area contributed by atoms with Crippen LogP contribution in [0.1, 0.15) is 30.0 Å². The fourth-order valence-electron chi connectivity index (χ4n) is 3.36. The molecule has 1 fully saturated rings. The molecule has 0 spiro atoms. The summed E-state index contributed by atoms with van der Waals surface area (Å²) in [6.07, 6.45) is 1.88. The summed E-state index contributed by atoms with van der Waals surface area (Å²) in [7, 11) is -3.13. The van der Waals surface area contributed by atoms with Crippen LogP contribution in [0.3, 0.4) is 0 Å². The van der Waals surface area contributed by atoms with Crippen LogP contribution in [0.5, 0.6) is 0 Å². The van der Waals surface area contributed by atoms with Gasteiger partial charge in [-0.05, 0) is 38.3 Å². The lowest BCUT2D eigenvalue weighted by Crippen LogP contribution is -2.48. The largest absolute Gasteiger partial charge is 0.464 e. The summed E-state index contributed by atoms with van der Waals surface area (Å²) in [5.41, 5.74) is 2.76. The Labute approximate surface area is 158 Å². The molecule has 1 atom stereocenters. The number of carbonyl (C=O) groups excluding carboxylic acids is 2. The van der Waals surface area contributed by atoms with Gasteiger partial charge in [0.2, 0.25) is 0 Å². The average Bonchev–Trinajstić information content (AvgIpc) is 3.09. The molecule has 2 heterocycles. The number of esters is 1. The number of furan rings is 1. The molecule has 3 rings (SSSR count). The molecule has 1 aromatic carbocycles. The Hall–Kier alpha value is -2.35. The van der Waals surface area contributed by atoms with E-state index in [-0.39, 0.29) is 17.9 Å². The van der Waals surface area contributed by atoms with E-state index in [0.717, 1.165) is 22.1 Å². The highest BCUT2D eigenvalue weighted by Gasteiger charge is 2.39. The van der Waals surface area contributed by atoms with Crippen LogP contribution in [-0.2, 0) is 30.6 Å². The van der Waals surface area contributed by atoms with Crippen molar-refractivity contribution in [2.45, 2.75) is 39.2 Å². The highest BCUT2D eigenvalue weighted by Crippen LogP contribution is 2.27. The van der Waals surface area contributed by atoms with Crippen molar-refractivity contribution in [3.05, 3.63) is 35.1 Å². The lowest BCUT2D eigenvalue weighted by Gasteiger charge is -2.23. The molecule has 1 aliphatic rings. The molecule has 0 saturated carbocycles. The zero-order chi connectivity index (χ0) is 19.8. The van der Waals surface area contributed by atoms with Crippen molar-refractivity contribution in [2.24, 2.45) is 0 Å². The Bertz CT molecular complexity index is 1010. The van der Waals surface area contributed by atoms with Crippen molar-refractivity contribution in [2.75, 3.05) is 18.1 Å². The molecule has 1 aliphatic heterocycles. The third-order valence-corrected chi connectivity index (χ3v) is 6.89. The molecule has 1 saturated heterocycles. The maximum atomic E-state index is 12.1. The molecule has 27 heavy (non-hydrogen) atoms. The van der Waals surface area contributed by atoms with Crippen molar-refractivity contribution >= 4 is 32.7 Å². The number of nitrogens with one attached hydrogen (secondary N) is 1. The molecule has 7 nitrogen and oxygen atoms in total. The quantitative estimate of drug-likeness (QED) is 0.778. The Kier molecular flexibility index (Phi) is 5.03. The molecule has 1 N–H and O–H groups in total. The van der Waals surface area contributed by atoms with Gasteiger partial charge in [-0.1, -0.05) is 12.1 Å². The molecule has 1 amide bonds. The number of hydrogen-bond acceptors (Lipinski definition) is 6. The second-order valence-corrected chi connectivity index (χ2v) is 9.62. The van der Waals surface area contributed by atoms with Gasteiger partial charge in [-0.15, -0.1) is 0 Å². The van der Waals surface area contributed by atoms with E-state index >= 15 is 0 Å². The number of sulfone groups is 1. The minimum atomic E-state index is -3.13. The van der Waals surface area contributed by atoms with Crippen LogP contribution in [-0.4, -0.2) is 43.9 Å². The number of fused-ring (bicyclic) bond motifs is 1. The van der Waals surface area contributed by atoms with Crippen LogP contribution < -0.4 is 5.32 Å². The summed E-state index contributed by atoms with van der Waals surface area (Å²) in [6.45, 7) is 5.18. The zero-order valence-electron chi connectivity index (χ0n) is 15.6. The van der Waals surface area contributed by atoms with Crippen LogP contribution in [0, 0.1) is 13.8 Å². The minimum Gasteiger partial charge on any atom is -0.464 e. The molecule has 0 radical (unpaired) electrons. The summed E-state index contributed by atoms with van der Waals surface area (Å²) >= 11 is 0. The van der Waals surface area contributed by atoms with Crippen LogP contribution in [0.25, 0.3) is 11.0 Å². The van der Waals surface area contributed by atoms with E-state index in [2.05, 4.69) is 5.32 Å². The van der Waals surface area contributed by atoms with Crippen molar-refractivity contribution in [1.82, 2.24) is 5.32 Å². The van der Waals surface area contributed by atoms with Gasteiger partial charge in [0.1, 0.15) is 5.58 Å². The standard InChI is InChI=1S/C19H23NO6S/c1-12-4-5-15-14(9-26-18(15)13(12)2)8-17(22)25-10-16(21)20-19(3)6-7-27(23,24)11-19/h4-5,9H,6-8,10-11H2,1-3H3,(H,20,21)/t19-/m0/s1. The van der Waals surface area contributed by atoms with Gasteiger partial charge in [0.15, 0.2) is 16.4 Å². The van der Waals surface area contributed by atoms with Crippen molar-refractivity contribution < 1.29 is 27.2 Å². The number of amides is 1. The third-order valence-electron chi connectivity index (χ3n) is 4.99. The van der Waals surface area contributed by atoms with Gasteiger partial charge in [-0.2, -0.15) is 0 Å². The minimum absolute atomic E-state index is 0.00553. The molecule has 0 aliphatic carbocycles. The summed E-state index contributed by atoms with van der Waals surface area (Å²) in [5.74, 6) is -1.10. The van der Waals surface area contributed by atoms with Crippen molar-refractivity contribution in [1.29, 1.82) is 0 Å². The maximum absolute atomic E-state index is 12.1. The summed E-state index contributed by atoms with van der Waals surface area (Å²) < 4.78 is 33.8. The smallest absolute Gasteiger partial charge is 0.310 e. The number of carbonyl (C=O) groups is 2. The van der Waals surface area contributed by atoms with Gasteiger partial charge in [0, 0.05) is 10.9 Å². The van der Waals surface area contributed by atoms with Gasteiger partial charge in [0.05, 0.1) is 29.7 Å². The molecular formula is C19H23NO6S. The highest BCUT2D eigenvalue weighted by molar-refractivity contribution is 7.91. The maximum Gasteiger partial charge on any atom is 0.310 e. The summed E-state index contributed by atoms with van der Waals surface area (Å²) in [5, 5.41) is 3.50. The van der Waals surface area contributed by atoms with Crippen LogP contribution in [0.2, 0.25) is 0 Å². The SMILES string of the molecule is Cc1ccc2c(CC(=O)OCC(=O)N[C@@]3(C)CCS(=O)(=O)C3)coc2c1C. The van der Waals surface area contributed by atoms with E-state index in [9.17, 15) is 18.0 Å². The van der Waals surface area contributed by atoms with E-state index < -0.39 is 33.9 Å². The summed E-state index contributed by atoms with van der Waals surface area (Å²) in [6, 6.07) is 3.86. The van der Waals surface area contributed by atoms with E-state index in [1.54, 1.807) is 6.92 Å². The molecule has 1 aromatic heterocycles. The fraction of sp³-hybridized carbons (Fsp3) is 0.474. The predicted octanol–water partition coefficient (Wildman–Crippen LogP) is 1.83. The van der Waals surface area contributed by atoms with Crippen LogP contribution in [0.4, 0.5) is 0 Å². The molecule has 2 aromatic rings. The first-order valence-electron chi connectivity index (χ1n) is 8.72. The van der Waals surface area contributed by atoms with Gasteiger partial charge in [-0.3, -0.25) is 9.59 Å². The Morgan fingerprint density at radius 3 is 2.70 bits per heavy atom. The molecule has 0 bridgehead atoms. The molecular weight excluding hydrogens is 370 g/mol. The van der Waals surface area contributed by atoms with Gasteiger partial charge < -0.3 is 14.5 Å². The second-order valence-electron chi connectivity index (χ2n) is 7.43. The third kappa shape index (κ3) is 4.32.